The number of amides is 1. The highest BCUT2D eigenvalue weighted by Gasteiger charge is 2.27. The number of carbonyl (C=O) groups is 1. The van der Waals surface area contributed by atoms with Crippen LogP contribution >= 0.6 is 0 Å². The summed E-state index contributed by atoms with van der Waals surface area (Å²) in [4.78, 5) is 13.7. The molecule has 0 saturated carbocycles. The number of hydrogen-bond acceptors (Lipinski definition) is 4. The summed E-state index contributed by atoms with van der Waals surface area (Å²) in [6, 6.07) is -0.123. The van der Waals surface area contributed by atoms with Crippen molar-refractivity contribution < 1.29 is 9.53 Å². The minimum atomic E-state index is -0.123. The summed E-state index contributed by atoms with van der Waals surface area (Å²) in [6.45, 7) is 6.93. The zero-order chi connectivity index (χ0) is 11.1. The summed E-state index contributed by atoms with van der Waals surface area (Å²) in [5, 5.41) is 5.93. The minimum Gasteiger partial charge on any atom is -0.378 e. The van der Waals surface area contributed by atoms with E-state index < -0.39 is 0 Å². The first-order valence-corrected chi connectivity index (χ1v) is 5.53. The molecule has 1 aliphatic rings. The SMILES string of the molecule is CCNCCN1CCOCC1C(=O)NC. The zero-order valence-corrected chi connectivity index (χ0v) is 9.58. The van der Waals surface area contributed by atoms with E-state index in [0.717, 1.165) is 32.8 Å². The zero-order valence-electron chi connectivity index (χ0n) is 9.58. The molecule has 88 valence electrons. The predicted molar refractivity (Wildman–Crippen MR) is 58.8 cm³/mol. The predicted octanol–water partition coefficient (Wildman–Crippen LogP) is -0.957. The van der Waals surface area contributed by atoms with Crippen LogP contribution < -0.4 is 10.6 Å². The van der Waals surface area contributed by atoms with Gasteiger partial charge in [-0.25, -0.2) is 0 Å². The molecule has 2 N–H and O–H groups in total. The molecular weight excluding hydrogens is 194 g/mol. The lowest BCUT2D eigenvalue weighted by Crippen LogP contribution is -2.54. The molecule has 15 heavy (non-hydrogen) atoms. The first-order chi connectivity index (χ1) is 7.29. The fourth-order valence-electron chi connectivity index (χ4n) is 1.71. The van der Waals surface area contributed by atoms with Gasteiger partial charge in [-0.2, -0.15) is 0 Å². The standard InChI is InChI=1S/C10H21N3O2/c1-3-12-4-5-13-6-7-15-8-9(13)10(14)11-2/h9,12H,3-8H2,1-2H3,(H,11,14). The van der Waals surface area contributed by atoms with Crippen molar-refractivity contribution in [2.75, 3.05) is 46.4 Å². The van der Waals surface area contributed by atoms with Crippen LogP contribution in [0.2, 0.25) is 0 Å². The van der Waals surface area contributed by atoms with E-state index in [1.54, 1.807) is 7.05 Å². The molecule has 5 heteroatoms. The van der Waals surface area contributed by atoms with Crippen LogP contribution in [0.25, 0.3) is 0 Å². The highest BCUT2D eigenvalue weighted by molar-refractivity contribution is 5.81. The van der Waals surface area contributed by atoms with Crippen LogP contribution in [0.15, 0.2) is 0 Å². The van der Waals surface area contributed by atoms with Crippen molar-refractivity contribution in [1.29, 1.82) is 0 Å². The quantitative estimate of drug-likeness (QED) is 0.580. The Balaban J connectivity index is 2.39. The van der Waals surface area contributed by atoms with Crippen LogP contribution in [0.3, 0.4) is 0 Å². The van der Waals surface area contributed by atoms with Gasteiger partial charge in [0.2, 0.25) is 5.91 Å². The maximum atomic E-state index is 11.6. The number of ether oxygens (including phenoxy) is 1. The molecule has 1 saturated heterocycles. The van der Waals surface area contributed by atoms with Gasteiger partial charge in [0.05, 0.1) is 13.2 Å². The van der Waals surface area contributed by atoms with Gasteiger partial charge in [-0.3, -0.25) is 9.69 Å². The molecule has 0 aromatic rings. The van der Waals surface area contributed by atoms with Gasteiger partial charge < -0.3 is 15.4 Å². The van der Waals surface area contributed by atoms with Crippen LogP contribution in [0.5, 0.6) is 0 Å². The Kier molecular flexibility index (Phi) is 5.60. The summed E-state index contributed by atoms with van der Waals surface area (Å²) in [5.74, 6) is 0.0474. The molecule has 1 rings (SSSR count). The van der Waals surface area contributed by atoms with Crippen molar-refractivity contribution in [2.24, 2.45) is 0 Å². The number of morpholine rings is 1. The summed E-state index contributed by atoms with van der Waals surface area (Å²) in [5.41, 5.74) is 0. The molecule has 1 fully saturated rings. The molecule has 1 atom stereocenters. The van der Waals surface area contributed by atoms with Crippen molar-refractivity contribution in [1.82, 2.24) is 15.5 Å². The Morgan fingerprint density at radius 3 is 3.07 bits per heavy atom. The van der Waals surface area contributed by atoms with Crippen molar-refractivity contribution in [3.05, 3.63) is 0 Å². The highest BCUT2D eigenvalue weighted by Crippen LogP contribution is 2.05. The number of nitrogens with zero attached hydrogens (tertiary/aromatic N) is 1. The molecule has 1 heterocycles. The summed E-state index contributed by atoms with van der Waals surface area (Å²) >= 11 is 0. The van der Waals surface area contributed by atoms with Crippen molar-refractivity contribution in [3.63, 3.8) is 0 Å². The summed E-state index contributed by atoms with van der Waals surface area (Å²) < 4.78 is 5.32. The Bertz CT molecular complexity index is 199. The molecule has 0 spiro atoms. The van der Waals surface area contributed by atoms with E-state index >= 15 is 0 Å². The van der Waals surface area contributed by atoms with Gasteiger partial charge in [0.1, 0.15) is 6.04 Å². The van der Waals surface area contributed by atoms with Gasteiger partial charge in [-0.05, 0) is 6.54 Å². The van der Waals surface area contributed by atoms with Gasteiger partial charge in [0.25, 0.3) is 0 Å². The number of nitrogens with one attached hydrogen (secondary N) is 2. The first-order valence-electron chi connectivity index (χ1n) is 5.53. The second kappa shape index (κ2) is 6.76. The average Bonchev–Trinajstić information content (AvgIpc) is 2.29. The lowest BCUT2D eigenvalue weighted by molar-refractivity contribution is -0.131. The second-order valence-corrected chi connectivity index (χ2v) is 3.59. The maximum Gasteiger partial charge on any atom is 0.239 e. The van der Waals surface area contributed by atoms with Gasteiger partial charge in [0, 0.05) is 26.7 Å². The van der Waals surface area contributed by atoms with E-state index in [1.807, 2.05) is 0 Å². The molecule has 1 aliphatic heterocycles. The first kappa shape index (κ1) is 12.4. The van der Waals surface area contributed by atoms with E-state index in [-0.39, 0.29) is 11.9 Å². The monoisotopic (exact) mass is 215 g/mol. The number of likely N-dealkylation sites (N-methyl/N-ethyl adjacent to an activating group) is 2. The lowest BCUT2D eigenvalue weighted by Gasteiger charge is -2.34. The Labute approximate surface area is 91.2 Å². The third-order valence-corrected chi connectivity index (χ3v) is 2.61. The topological polar surface area (TPSA) is 53.6 Å². The maximum absolute atomic E-state index is 11.6. The fraction of sp³-hybridized carbons (Fsp3) is 0.900. The van der Waals surface area contributed by atoms with Gasteiger partial charge in [-0.15, -0.1) is 0 Å². The summed E-state index contributed by atoms with van der Waals surface area (Å²) in [6.07, 6.45) is 0. The molecule has 5 nitrogen and oxygen atoms in total. The van der Waals surface area contributed by atoms with E-state index in [1.165, 1.54) is 0 Å². The molecular formula is C10H21N3O2. The normalized spacial score (nSPS) is 22.7. The molecule has 0 aliphatic carbocycles. The smallest absolute Gasteiger partial charge is 0.239 e. The van der Waals surface area contributed by atoms with E-state index in [2.05, 4.69) is 22.5 Å². The van der Waals surface area contributed by atoms with Crippen molar-refractivity contribution >= 4 is 5.91 Å². The average molecular weight is 215 g/mol. The second-order valence-electron chi connectivity index (χ2n) is 3.59. The van der Waals surface area contributed by atoms with E-state index in [0.29, 0.717) is 6.61 Å². The van der Waals surface area contributed by atoms with Crippen LogP contribution in [-0.4, -0.2) is 63.3 Å². The van der Waals surface area contributed by atoms with Crippen LogP contribution in [0, 0.1) is 0 Å². The number of carbonyl (C=O) groups excluding carboxylic acids is 1. The largest absolute Gasteiger partial charge is 0.378 e. The van der Waals surface area contributed by atoms with Crippen molar-refractivity contribution in [3.8, 4) is 0 Å². The third-order valence-electron chi connectivity index (χ3n) is 2.61. The third kappa shape index (κ3) is 3.77. The Morgan fingerprint density at radius 2 is 2.40 bits per heavy atom. The van der Waals surface area contributed by atoms with E-state index in [9.17, 15) is 4.79 Å². The van der Waals surface area contributed by atoms with Gasteiger partial charge in [-0.1, -0.05) is 6.92 Å². The molecule has 0 aromatic carbocycles. The Morgan fingerprint density at radius 1 is 1.60 bits per heavy atom. The Hall–Kier alpha value is -0.650. The van der Waals surface area contributed by atoms with E-state index in [4.69, 9.17) is 4.74 Å². The lowest BCUT2D eigenvalue weighted by atomic mass is 10.2. The van der Waals surface area contributed by atoms with Crippen molar-refractivity contribution in [2.45, 2.75) is 13.0 Å². The highest BCUT2D eigenvalue weighted by atomic mass is 16.5. The van der Waals surface area contributed by atoms with Crippen LogP contribution in [0.4, 0.5) is 0 Å². The molecule has 0 radical (unpaired) electrons. The fourth-order valence-corrected chi connectivity index (χ4v) is 1.71. The molecule has 1 unspecified atom stereocenters. The number of rotatable bonds is 5. The number of hydrogen-bond donors (Lipinski definition) is 2. The van der Waals surface area contributed by atoms with Gasteiger partial charge in [0.15, 0.2) is 0 Å². The van der Waals surface area contributed by atoms with Gasteiger partial charge >= 0.3 is 0 Å². The summed E-state index contributed by atoms with van der Waals surface area (Å²) in [7, 11) is 1.67. The van der Waals surface area contributed by atoms with Crippen LogP contribution in [-0.2, 0) is 9.53 Å². The molecule has 0 aromatic heterocycles. The molecule has 1 amide bonds. The minimum absolute atomic E-state index is 0.0474. The molecule has 0 bridgehead atoms. The van der Waals surface area contributed by atoms with Crippen LogP contribution in [0.1, 0.15) is 6.92 Å².